The van der Waals surface area contributed by atoms with Gasteiger partial charge in [-0.25, -0.2) is 0 Å². The molecule has 23 heavy (non-hydrogen) atoms. The van der Waals surface area contributed by atoms with Crippen LogP contribution in [-0.4, -0.2) is 51.0 Å². The average Bonchev–Trinajstić information content (AvgIpc) is 2.51. The molecular weight excluding hydrogens is 318 g/mol. The number of amides is 2. The van der Waals surface area contributed by atoms with Gasteiger partial charge in [-0.1, -0.05) is 12.1 Å². The third kappa shape index (κ3) is 7.34. The van der Waals surface area contributed by atoms with E-state index < -0.39 is 0 Å². The zero-order chi connectivity index (χ0) is 16.5. The Bertz CT molecular complexity index is 494. The molecule has 0 radical (unpaired) electrons. The predicted octanol–water partition coefficient (Wildman–Crippen LogP) is 1.36. The molecule has 0 aliphatic heterocycles. The van der Waals surface area contributed by atoms with Gasteiger partial charge in [0.15, 0.2) is 0 Å². The molecule has 0 aliphatic carbocycles. The van der Waals surface area contributed by atoms with Gasteiger partial charge in [-0.15, -0.1) is 12.4 Å². The van der Waals surface area contributed by atoms with Gasteiger partial charge < -0.3 is 20.3 Å². The van der Waals surface area contributed by atoms with Crippen LogP contribution in [0.4, 0.5) is 0 Å². The lowest BCUT2D eigenvalue weighted by molar-refractivity contribution is -0.130. The first-order valence-corrected chi connectivity index (χ1v) is 7.27. The molecular formula is C16H26ClN3O3. The lowest BCUT2D eigenvalue weighted by Gasteiger charge is -2.22. The lowest BCUT2D eigenvalue weighted by Crippen LogP contribution is -2.36. The predicted molar refractivity (Wildman–Crippen MR) is 93.0 cm³/mol. The van der Waals surface area contributed by atoms with Crippen molar-refractivity contribution in [1.82, 2.24) is 15.5 Å². The van der Waals surface area contributed by atoms with E-state index in [0.717, 1.165) is 17.9 Å². The third-order valence-electron chi connectivity index (χ3n) is 3.40. The van der Waals surface area contributed by atoms with Crippen molar-refractivity contribution in [2.45, 2.75) is 19.4 Å². The van der Waals surface area contributed by atoms with Crippen molar-refractivity contribution < 1.29 is 14.3 Å². The second kappa shape index (κ2) is 10.9. The van der Waals surface area contributed by atoms with E-state index in [2.05, 4.69) is 10.6 Å². The van der Waals surface area contributed by atoms with E-state index in [1.165, 1.54) is 6.92 Å². The summed E-state index contributed by atoms with van der Waals surface area (Å²) in [5, 5.41) is 5.84. The summed E-state index contributed by atoms with van der Waals surface area (Å²) in [7, 11) is 5.20. The van der Waals surface area contributed by atoms with E-state index in [9.17, 15) is 9.59 Å². The highest BCUT2D eigenvalue weighted by Crippen LogP contribution is 2.21. The lowest BCUT2D eigenvalue weighted by atomic mass is 10.0. The summed E-state index contributed by atoms with van der Waals surface area (Å²) in [4.78, 5) is 25.3. The minimum atomic E-state index is -0.340. The molecule has 0 saturated heterocycles. The average molecular weight is 344 g/mol. The van der Waals surface area contributed by atoms with Gasteiger partial charge in [0, 0.05) is 27.1 Å². The molecule has 2 amide bonds. The number of carbonyl (C=O) groups is 2. The van der Waals surface area contributed by atoms with Crippen molar-refractivity contribution in [2.75, 3.05) is 34.3 Å². The molecule has 0 bridgehead atoms. The molecule has 1 aromatic rings. The topological polar surface area (TPSA) is 70.7 Å². The molecule has 1 unspecified atom stereocenters. The number of carbonyl (C=O) groups excluding carboxylic acids is 2. The fourth-order valence-corrected chi connectivity index (χ4v) is 2.07. The number of hydrogen-bond acceptors (Lipinski definition) is 4. The minimum Gasteiger partial charge on any atom is -0.497 e. The molecule has 2 N–H and O–H groups in total. The highest BCUT2D eigenvalue weighted by molar-refractivity contribution is 5.85. The number of methoxy groups -OCH3 is 1. The summed E-state index contributed by atoms with van der Waals surface area (Å²) in [6.07, 6.45) is 0.228. The zero-order valence-corrected chi connectivity index (χ0v) is 14.9. The second-order valence-electron chi connectivity index (χ2n) is 5.15. The first-order chi connectivity index (χ1) is 10.5. The summed E-state index contributed by atoms with van der Waals surface area (Å²) in [5.74, 6) is 0.569. The maximum atomic E-state index is 12.3. The molecule has 1 aromatic carbocycles. The molecule has 0 aromatic heterocycles. The number of halogens is 1. The first kappa shape index (κ1) is 21.2. The van der Waals surface area contributed by atoms with Crippen LogP contribution in [0.15, 0.2) is 24.3 Å². The quantitative estimate of drug-likeness (QED) is 0.747. The Morgan fingerprint density at radius 1 is 1.26 bits per heavy atom. The molecule has 1 atom stereocenters. The number of ether oxygens (including phenoxy) is 1. The van der Waals surface area contributed by atoms with Crippen LogP contribution in [0.2, 0.25) is 0 Å². The van der Waals surface area contributed by atoms with E-state index in [-0.39, 0.29) is 36.7 Å². The summed E-state index contributed by atoms with van der Waals surface area (Å²) in [6.45, 7) is 2.81. The van der Waals surface area contributed by atoms with Crippen LogP contribution in [0.1, 0.15) is 24.9 Å². The van der Waals surface area contributed by atoms with Crippen molar-refractivity contribution in [2.24, 2.45) is 0 Å². The van der Waals surface area contributed by atoms with Crippen molar-refractivity contribution in [3.63, 3.8) is 0 Å². The molecule has 130 valence electrons. The largest absolute Gasteiger partial charge is 0.497 e. The molecule has 0 heterocycles. The van der Waals surface area contributed by atoms with Gasteiger partial charge in [0.25, 0.3) is 0 Å². The Morgan fingerprint density at radius 2 is 1.87 bits per heavy atom. The Labute approximate surface area is 144 Å². The van der Waals surface area contributed by atoms with E-state index in [0.29, 0.717) is 6.54 Å². The van der Waals surface area contributed by atoms with Crippen LogP contribution < -0.4 is 15.4 Å². The molecule has 0 saturated carbocycles. The van der Waals surface area contributed by atoms with Crippen LogP contribution in [0.25, 0.3) is 0 Å². The fourth-order valence-electron chi connectivity index (χ4n) is 2.07. The smallest absolute Gasteiger partial charge is 0.224 e. The van der Waals surface area contributed by atoms with E-state index in [1.807, 2.05) is 31.3 Å². The number of hydrogen-bond donors (Lipinski definition) is 2. The highest BCUT2D eigenvalue weighted by atomic mass is 35.5. The van der Waals surface area contributed by atoms with Crippen LogP contribution in [-0.2, 0) is 9.59 Å². The normalized spacial score (nSPS) is 11.1. The van der Waals surface area contributed by atoms with Crippen LogP contribution in [0, 0.1) is 0 Å². The monoisotopic (exact) mass is 343 g/mol. The number of rotatable bonds is 8. The second-order valence-corrected chi connectivity index (χ2v) is 5.15. The fraction of sp³-hybridized carbons (Fsp3) is 0.500. The standard InChI is InChI=1S/C16H25N3O3.ClH/c1-12(20)18-15(11-16(21)19(3)10-9-17-2)13-5-7-14(22-4)8-6-13;/h5-8,15,17H,9-11H2,1-4H3,(H,18,20);1H. The van der Waals surface area contributed by atoms with Gasteiger partial charge >= 0.3 is 0 Å². The number of nitrogens with one attached hydrogen (secondary N) is 2. The Morgan fingerprint density at radius 3 is 2.35 bits per heavy atom. The van der Waals surface area contributed by atoms with Crippen molar-refractivity contribution >= 4 is 24.2 Å². The van der Waals surface area contributed by atoms with Crippen molar-refractivity contribution in [3.05, 3.63) is 29.8 Å². The van der Waals surface area contributed by atoms with Crippen LogP contribution in [0.3, 0.4) is 0 Å². The molecule has 0 fully saturated rings. The van der Waals surface area contributed by atoms with Crippen molar-refractivity contribution in [1.29, 1.82) is 0 Å². The maximum absolute atomic E-state index is 12.3. The van der Waals surface area contributed by atoms with Crippen LogP contribution in [0.5, 0.6) is 5.75 Å². The van der Waals surface area contributed by atoms with Gasteiger partial charge in [-0.2, -0.15) is 0 Å². The minimum absolute atomic E-state index is 0. The SMILES string of the molecule is CNCCN(C)C(=O)CC(NC(C)=O)c1ccc(OC)cc1.Cl. The zero-order valence-electron chi connectivity index (χ0n) is 14.1. The number of likely N-dealkylation sites (N-methyl/N-ethyl adjacent to an activating group) is 2. The molecule has 7 heteroatoms. The Balaban J connectivity index is 0.00000484. The summed E-state index contributed by atoms with van der Waals surface area (Å²) < 4.78 is 5.12. The Kier molecular flexibility index (Phi) is 10.0. The molecule has 6 nitrogen and oxygen atoms in total. The van der Waals surface area contributed by atoms with Gasteiger partial charge in [0.2, 0.25) is 11.8 Å². The number of benzene rings is 1. The van der Waals surface area contributed by atoms with E-state index in [1.54, 1.807) is 19.1 Å². The third-order valence-corrected chi connectivity index (χ3v) is 3.40. The molecule has 0 aliphatic rings. The summed E-state index contributed by atoms with van der Waals surface area (Å²) in [5.41, 5.74) is 0.881. The summed E-state index contributed by atoms with van der Waals surface area (Å²) in [6, 6.07) is 7.02. The van der Waals surface area contributed by atoms with Gasteiger partial charge in [0.05, 0.1) is 19.6 Å². The Hall–Kier alpha value is -1.79. The molecule has 0 spiro atoms. The van der Waals surface area contributed by atoms with Crippen LogP contribution >= 0.6 is 12.4 Å². The summed E-state index contributed by atoms with van der Waals surface area (Å²) >= 11 is 0. The van der Waals surface area contributed by atoms with E-state index in [4.69, 9.17) is 4.74 Å². The first-order valence-electron chi connectivity index (χ1n) is 7.27. The highest BCUT2D eigenvalue weighted by Gasteiger charge is 2.19. The maximum Gasteiger partial charge on any atom is 0.224 e. The van der Waals surface area contributed by atoms with Gasteiger partial charge in [-0.3, -0.25) is 9.59 Å². The van der Waals surface area contributed by atoms with Gasteiger partial charge in [0.1, 0.15) is 5.75 Å². The number of nitrogens with zero attached hydrogens (tertiary/aromatic N) is 1. The van der Waals surface area contributed by atoms with E-state index >= 15 is 0 Å². The van der Waals surface area contributed by atoms with Gasteiger partial charge in [-0.05, 0) is 24.7 Å². The van der Waals surface area contributed by atoms with Crippen molar-refractivity contribution in [3.8, 4) is 5.75 Å². The molecule has 1 rings (SSSR count).